The lowest BCUT2D eigenvalue weighted by Crippen LogP contribution is -2.23. The third-order valence-electron chi connectivity index (χ3n) is 4.74. The van der Waals surface area contributed by atoms with Crippen molar-refractivity contribution in [3.05, 3.63) is 59.6 Å². The van der Waals surface area contributed by atoms with E-state index in [1.54, 1.807) is 19.3 Å². The summed E-state index contributed by atoms with van der Waals surface area (Å²) in [5, 5.41) is 7.03. The van der Waals surface area contributed by atoms with Gasteiger partial charge in [0.1, 0.15) is 5.82 Å². The van der Waals surface area contributed by atoms with Crippen molar-refractivity contribution in [3.63, 3.8) is 0 Å². The van der Waals surface area contributed by atoms with Gasteiger partial charge >= 0.3 is 0 Å². The fraction of sp³-hybridized carbons (Fsp3) is 0.316. The van der Waals surface area contributed by atoms with Gasteiger partial charge in [0, 0.05) is 25.4 Å². The van der Waals surface area contributed by atoms with Gasteiger partial charge in [-0.05, 0) is 49.2 Å². The summed E-state index contributed by atoms with van der Waals surface area (Å²) in [6.07, 6.45) is 3.54. The molecule has 1 aliphatic heterocycles. The maximum atomic E-state index is 13.5. The highest BCUT2D eigenvalue weighted by Crippen LogP contribution is 2.33. The number of nitrogens with zero attached hydrogens (tertiary/aromatic N) is 4. The number of hydrogen-bond acceptors (Lipinski definition) is 6. The van der Waals surface area contributed by atoms with Crippen LogP contribution in [0.2, 0.25) is 0 Å². The molecule has 0 amide bonds. The zero-order valence-corrected chi connectivity index (χ0v) is 14.8. The molecule has 1 unspecified atom stereocenters. The van der Waals surface area contributed by atoms with E-state index in [2.05, 4.69) is 25.3 Å². The van der Waals surface area contributed by atoms with Gasteiger partial charge in [-0.15, -0.1) is 0 Å². The molecule has 0 spiro atoms. The summed E-state index contributed by atoms with van der Waals surface area (Å²) in [7, 11) is 1.80. The van der Waals surface area contributed by atoms with Crippen LogP contribution < -0.4 is 5.32 Å². The van der Waals surface area contributed by atoms with Gasteiger partial charge in [-0.2, -0.15) is 4.98 Å². The lowest BCUT2D eigenvalue weighted by Gasteiger charge is -2.21. The van der Waals surface area contributed by atoms with Crippen molar-refractivity contribution in [2.24, 2.45) is 0 Å². The number of rotatable bonds is 5. The van der Waals surface area contributed by atoms with Gasteiger partial charge in [0.25, 0.3) is 0 Å². The second-order valence-electron chi connectivity index (χ2n) is 6.52. The summed E-state index contributed by atoms with van der Waals surface area (Å²) in [5.41, 5.74) is 1.49. The SMILES string of the molecule is CNc1ccc(-c2noc(C3CCCN3Cc3ccc(F)c(F)c3)n2)cn1. The second kappa shape index (κ2) is 7.40. The van der Waals surface area contributed by atoms with Crippen molar-refractivity contribution in [1.29, 1.82) is 0 Å². The Labute approximate surface area is 155 Å². The molecule has 0 bridgehead atoms. The lowest BCUT2D eigenvalue weighted by atomic mass is 10.1. The van der Waals surface area contributed by atoms with Crippen LogP contribution in [0, 0.1) is 11.6 Å². The molecule has 6 nitrogen and oxygen atoms in total. The second-order valence-corrected chi connectivity index (χ2v) is 6.52. The van der Waals surface area contributed by atoms with Crippen LogP contribution in [0.25, 0.3) is 11.4 Å². The topological polar surface area (TPSA) is 67.1 Å². The number of aromatic nitrogens is 3. The number of nitrogens with one attached hydrogen (secondary N) is 1. The predicted molar refractivity (Wildman–Crippen MR) is 95.8 cm³/mol. The van der Waals surface area contributed by atoms with Crippen LogP contribution in [0.5, 0.6) is 0 Å². The Balaban J connectivity index is 1.51. The van der Waals surface area contributed by atoms with E-state index in [1.807, 2.05) is 12.1 Å². The number of hydrogen-bond donors (Lipinski definition) is 1. The molecule has 4 rings (SSSR count). The molecule has 3 aromatic rings. The average Bonchev–Trinajstić information content (AvgIpc) is 3.34. The van der Waals surface area contributed by atoms with Crippen LogP contribution in [0.3, 0.4) is 0 Å². The first-order chi connectivity index (χ1) is 13.1. The maximum absolute atomic E-state index is 13.5. The van der Waals surface area contributed by atoms with Crippen molar-refractivity contribution in [2.45, 2.75) is 25.4 Å². The van der Waals surface area contributed by atoms with Crippen molar-refractivity contribution in [2.75, 3.05) is 18.9 Å². The van der Waals surface area contributed by atoms with E-state index in [0.29, 0.717) is 23.8 Å². The largest absolute Gasteiger partial charge is 0.373 e. The van der Waals surface area contributed by atoms with Gasteiger partial charge in [-0.1, -0.05) is 11.2 Å². The molecule has 27 heavy (non-hydrogen) atoms. The summed E-state index contributed by atoms with van der Waals surface area (Å²) in [4.78, 5) is 10.9. The van der Waals surface area contributed by atoms with Gasteiger partial charge in [-0.25, -0.2) is 13.8 Å². The number of halogens is 2. The van der Waals surface area contributed by atoms with Crippen LogP contribution in [0.1, 0.15) is 30.3 Å². The summed E-state index contributed by atoms with van der Waals surface area (Å²) in [6.45, 7) is 1.33. The highest BCUT2D eigenvalue weighted by molar-refractivity contribution is 5.55. The Hall–Kier alpha value is -2.87. The minimum Gasteiger partial charge on any atom is -0.373 e. The highest BCUT2D eigenvalue weighted by Gasteiger charge is 2.31. The third kappa shape index (κ3) is 3.66. The Bertz CT molecular complexity index is 928. The number of pyridine rings is 1. The fourth-order valence-corrected chi connectivity index (χ4v) is 3.33. The first-order valence-corrected chi connectivity index (χ1v) is 8.80. The fourth-order valence-electron chi connectivity index (χ4n) is 3.33. The third-order valence-corrected chi connectivity index (χ3v) is 4.74. The zero-order chi connectivity index (χ0) is 18.8. The van der Waals surface area contributed by atoms with Crippen LogP contribution in [0.4, 0.5) is 14.6 Å². The van der Waals surface area contributed by atoms with Crippen LogP contribution in [-0.4, -0.2) is 33.6 Å². The molecule has 1 fully saturated rings. The van der Waals surface area contributed by atoms with Gasteiger partial charge in [-0.3, -0.25) is 4.90 Å². The molecule has 0 radical (unpaired) electrons. The molecule has 140 valence electrons. The monoisotopic (exact) mass is 371 g/mol. The Morgan fingerprint density at radius 3 is 2.85 bits per heavy atom. The van der Waals surface area contributed by atoms with Gasteiger partial charge < -0.3 is 9.84 Å². The van der Waals surface area contributed by atoms with Crippen LogP contribution in [0.15, 0.2) is 41.1 Å². The quantitative estimate of drug-likeness (QED) is 0.736. The highest BCUT2D eigenvalue weighted by atomic mass is 19.2. The van der Waals surface area contributed by atoms with Crippen LogP contribution in [-0.2, 0) is 6.54 Å². The summed E-state index contributed by atoms with van der Waals surface area (Å²) >= 11 is 0. The van der Waals surface area contributed by atoms with Crippen molar-refractivity contribution in [3.8, 4) is 11.4 Å². The molecule has 2 aromatic heterocycles. The Kier molecular flexibility index (Phi) is 4.81. The van der Waals surface area contributed by atoms with E-state index in [-0.39, 0.29) is 6.04 Å². The predicted octanol–water partition coefficient (Wildman–Crippen LogP) is 3.79. The molecule has 0 aliphatic carbocycles. The van der Waals surface area contributed by atoms with E-state index >= 15 is 0 Å². The zero-order valence-electron chi connectivity index (χ0n) is 14.8. The van der Waals surface area contributed by atoms with Crippen molar-refractivity contribution >= 4 is 5.82 Å². The minimum absolute atomic E-state index is 0.0381. The van der Waals surface area contributed by atoms with Crippen molar-refractivity contribution < 1.29 is 13.3 Å². The van der Waals surface area contributed by atoms with Gasteiger partial charge in [0.2, 0.25) is 11.7 Å². The summed E-state index contributed by atoms with van der Waals surface area (Å²) in [6, 6.07) is 7.67. The molecule has 3 heterocycles. The maximum Gasteiger partial charge on any atom is 0.244 e. The Morgan fingerprint density at radius 2 is 2.11 bits per heavy atom. The molecule has 0 saturated carbocycles. The van der Waals surface area contributed by atoms with Crippen LogP contribution >= 0.6 is 0 Å². The lowest BCUT2D eigenvalue weighted by molar-refractivity contribution is 0.201. The Morgan fingerprint density at radius 1 is 1.22 bits per heavy atom. The van der Waals surface area contributed by atoms with E-state index in [9.17, 15) is 8.78 Å². The molecular formula is C19H19F2N5O. The molecular weight excluding hydrogens is 352 g/mol. The first-order valence-electron chi connectivity index (χ1n) is 8.80. The summed E-state index contributed by atoms with van der Waals surface area (Å²) in [5.74, 6) is 0.107. The summed E-state index contributed by atoms with van der Waals surface area (Å²) < 4.78 is 32.1. The first kappa shape index (κ1) is 17.5. The molecule has 1 aliphatic rings. The number of likely N-dealkylation sites (tertiary alicyclic amines) is 1. The van der Waals surface area contributed by atoms with E-state index in [4.69, 9.17) is 4.52 Å². The van der Waals surface area contributed by atoms with Gasteiger partial charge in [0.05, 0.1) is 6.04 Å². The van der Waals surface area contributed by atoms with E-state index in [1.165, 1.54) is 6.07 Å². The minimum atomic E-state index is -0.837. The standard InChI is InChI=1S/C19H19F2N5O/c1-22-17-7-5-13(10-23-17)18-24-19(27-25-18)16-3-2-8-26(16)11-12-4-6-14(20)15(21)9-12/h4-7,9-10,16H,2-3,8,11H2,1H3,(H,22,23). The number of anilines is 1. The smallest absolute Gasteiger partial charge is 0.244 e. The van der Waals surface area contributed by atoms with E-state index in [0.717, 1.165) is 36.8 Å². The molecule has 1 atom stereocenters. The van der Waals surface area contributed by atoms with E-state index < -0.39 is 11.6 Å². The van der Waals surface area contributed by atoms with Gasteiger partial charge in [0.15, 0.2) is 11.6 Å². The molecule has 1 saturated heterocycles. The normalized spacial score (nSPS) is 17.4. The molecule has 1 aromatic carbocycles. The number of benzene rings is 1. The molecule has 1 N–H and O–H groups in total. The molecule has 8 heteroatoms. The average molecular weight is 371 g/mol. The van der Waals surface area contributed by atoms with Crippen molar-refractivity contribution in [1.82, 2.24) is 20.0 Å².